The summed E-state index contributed by atoms with van der Waals surface area (Å²) in [6.07, 6.45) is 3.00. The third kappa shape index (κ3) is 5.12. The molecule has 1 aliphatic heterocycles. The van der Waals surface area contributed by atoms with Crippen LogP contribution in [0.4, 0.5) is 0 Å². The van der Waals surface area contributed by atoms with Gasteiger partial charge in [0.05, 0.1) is 7.11 Å². The summed E-state index contributed by atoms with van der Waals surface area (Å²) in [6.45, 7) is 6.83. The maximum absolute atomic E-state index is 13.0. The first-order chi connectivity index (χ1) is 11.0. The minimum atomic E-state index is -0.420. The monoisotopic (exact) mass is 354 g/mol. The molecule has 1 fully saturated rings. The van der Waals surface area contributed by atoms with Crippen LogP contribution in [0.5, 0.6) is 5.75 Å². The molecule has 0 saturated carbocycles. The van der Waals surface area contributed by atoms with Gasteiger partial charge in [0, 0.05) is 18.5 Å². The van der Waals surface area contributed by atoms with Crippen molar-refractivity contribution in [1.82, 2.24) is 10.2 Å². The number of benzene rings is 1. The molecule has 1 unspecified atom stereocenters. The number of halogens is 1. The van der Waals surface area contributed by atoms with Crippen molar-refractivity contribution in [2.45, 2.75) is 33.1 Å². The van der Waals surface area contributed by atoms with Crippen LogP contribution < -0.4 is 10.1 Å². The Morgan fingerprint density at radius 2 is 2.08 bits per heavy atom. The summed E-state index contributed by atoms with van der Waals surface area (Å²) in [7, 11) is 3.66. The third-order valence-corrected chi connectivity index (χ3v) is 4.70. The fraction of sp³-hybridized carbons (Fsp3) is 0.632. The lowest BCUT2D eigenvalue weighted by molar-refractivity contribution is -0.142. The quantitative estimate of drug-likeness (QED) is 0.853. The van der Waals surface area contributed by atoms with Crippen LogP contribution in [0.2, 0.25) is 0 Å². The fourth-order valence-corrected chi connectivity index (χ4v) is 3.53. The first kappa shape index (κ1) is 20.8. The van der Waals surface area contributed by atoms with Gasteiger partial charge in [0.15, 0.2) is 0 Å². The highest BCUT2D eigenvalue weighted by Crippen LogP contribution is 2.31. The Bertz CT molecular complexity index is 532. The Kier molecular flexibility index (Phi) is 8.04. The second-order valence-electron chi connectivity index (χ2n) is 7.19. The van der Waals surface area contributed by atoms with Crippen molar-refractivity contribution in [3.8, 4) is 5.75 Å². The average Bonchev–Trinajstić information content (AvgIpc) is 2.55. The van der Waals surface area contributed by atoms with Gasteiger partial charge < -0.3 is 15.0 Å². The number of methoxy groups -OCH3 is 1. The molecule has 0 bridgehead atoms. The van der Waals surface area contributed by atoms with Gasteiger partial charge in [-0.2, -0.15) is 0 Å². The van der Waals surface area contributed by atoms with Crippen LogP contribution >= 0.6 is 12.4 Å². The summed E-state index contributed by atoms with van der Waals surface area (Å²) in [5, 5.41) is 3.24. The number of rotatable bonds is 6. The number of carbonyl (C=O) groups is 1. The summed E-state index contributed by atoms with van der Waals surface area (Å²) in [4.78, 5) is 15.1. The Hall–Kier alpha value is -1.26. The summed E-state index contributed by atoms with van der Waals surface area (Å²) in [5.74, 6) is 1.68. The van der Waals surface area contributed by atoms with E-state index >= 15 is 0 Å². The molecular formula is C19H31ClN2O2. The van der Waals surface area contributed by atoms with E-state index in [4.69, 9.17) is 4.74 Å². The van der Waals surface area contributed by atoms with Gasteiger partial charge in [0.2, 0.25) is 5.91 Å². The van der Waals surface area contributed by atoms with Crippen molar-refractivity contribution in [2.24, 2.45) is 11.3 Å². The van der Waals surface area contributed by atoms with E-state index in [1.54, 1.807) is 7.11 Å². The molecule has 1 aromatic rings. The number of amides is 1. The number of piperidine rings is 1. The van der Waals surface area contributed by atoms with Crippen molar-refractivity contribution in [1.29, 1.82) is 0 Å². The number of carbonyl (C=O) groups excluding carboxylic acids is 1. The molecular weight excluding hydrogens is 324 g/mol. The van der Waals surface area contributed by atoms with E-state index in [0.717, 1.165) is 37.4 Å². The predicted octanol–water partition coefficient (Wildman–Crippen LogP) is 3.14. The lowest BCUT2D eigenvalue weighted by atomic mass is 9.83. The van der Waals surface area contributed by atoms with E-state index in [-0.39, 0.29) is 18.3 Å². The van der Waals surface area contributed by atoms with Gasteiger partial charge in [-0.25, -0.2) is 0 Å². The number of ether oxygens (including phenoxy) is 1. The van der Waals surface area contributed by atoms with Gasteiger partial charge in [0.25, 0.3) is 0 Å². The molecule has 136 valence electrons. The van der Waals surface area contributed by atoms with E-state index in [1.807, 2.05) is 45.2 Å². The first-order valence-corrected chi connectivity index (χ1v) is 8.54. The summed E-state index contributed by atoms with van der Waals surface area (Å²) >= 11 is 0. The van der Waals surface area contributed by atoms with Gasteiger partial charge in [-0.1, -0.05) is 32.0 Å². The molecule has 4 nitrogen and oxygen atoms in total. The Morgan fingerprint density at radius 1 is 1.38 bits per heavy atom. The minimum Gasteiger partial charge on any atom is -0.496 e. The van der Waals surface area contributed by atoms with Gasteiger partial charge in [-0.05, 0) is 50.4 Å². The van der Waals surface area contributed by atoms with Gasteiger partial charge in [-0.15, -0.1) is 12.4 Å². The first-order valence-electron chi connectivity index (χ1n) is 8.54. The molecule has 0 spiro atoms. The molecule has 0 radical (unpaired) electrons. The standard InChI is InChI=1S/C19H30N2O2.ClH/c1-19(2,12-16-9-5-6-10-17(16)23-4)18(22)21-11-7-8-15(14-21)13-20-3;/h5-6,9-10,15,20H,7-8,11-14H2,1-4H3;1H. The number of hydrogen-bond donors (Lipinski definition) is 1. The molecule has 24 heavy (non-hydrogen) atoms. The fourth-order valence-electron chi connectivity index (χ4n) is 3.53. The molecule has 1 aliphatic rings. The Morgan fingerprint density at radius 3 is 2.75 bits per heavy atom. The largest absolute Gasteiger partial charge is 0.496 e. The normalized spacial score (nSPS) is 18.0. The maximum Gasteiger partial charge on any atom is 0.228 e. The van der Waals surface area contributed by atoms with E-state index < -0.39 is 5.41 Å². The van der Waals surface area contributed by atoms with Crippen LogP contribution in [0, 0.1) is 11.3 Å². The second-order valence-corrected chi connectivity index (χ2v) is 7.19. The van der Waals surface area contributed by atoms with E-state index in [2.05, 4.69) is 10.2 Å². The highest BCUT2D eigenvalue weighted by Gasteiger charge is 2.35. The number of hydrogen-bond acceptors (Lipinski definition) is 3. The SMILES string of the molecule is CNCC1CCCN(C(=O)C(C)(C)Cc2ccccc2OC)C1.Cl. The molecule has 1 atom stereocenters. The van der Waals surface area contributed by atoms with E-state index in [9.17, 15) is 4.79 Å². The third-order valence-electron chi connectivity index (χ3n) is 4.70. The molecule has 0 aliphatic carbocycles. The second kappa shape index (κ2) is 9.28. The molecule has 1 N–H and O–H groups in total. The number of nitrogens with zero attached hydrogens (tertiary/aromatic N) is 1. The summed E-state index contributed by atoms with van der Waals surface area (Å²) in [5.41, 5.74) is 0.674. The summed E-state index contributed by atoms with van der Waals surface area (Å²) < 4.78 is 5.43. The number of nitrogens with one attached hydrogen (secondary N) is 1. The topological polar surface area (TPSA) is 41.6 Å². The molecule has 1 amide bonds. The predicted molar refractivity (Wildman–Crippen MR) is 101 cm³/mol. The van der Waals surface area contributed by atoms with Crippen LogP contribution in [-0.2, 0) is 11.2 Å². The number of likely N-dealkylation sites (tertiary alicyclic amines) is 1. The van der Waals surface area contributed by atoms with Crippen molar-refractivity contribution in [3.05, 3.63) is 29.8 Å². The van der Waals surface area contributed by atoms with E-state index in [0.29, 0.717) is 12.3 Å². The van der Waals surface area contributed by atoms with Crippen molar-refractivity contribution < 1.29 is 9.53 Å². The molecule has 0 aromatic heterocycles. The van der Waals surface area contributed by atoms with Crippen LogP contribution in [0.15, 0.2) is 24.3 Å². The Balaban J connectivity index is 0.00000288. The minimum absolute atomic E-state index is 0. The maximum atomic E-state index is 13.0. The highest BCUT2D eigenvalue weighted by molar-refractivity contribution is 5.85. The Labute approximate surface area is 152 Å². The van der Waals surface area contributed by atoms with Crippen molar-refractivity contribution in [2.75, 3.05) is 33.8 Å². The van der Waals surface area contributed by atoms with Gasteiger partial charge >= 0.3 is 0 Å². The molecule has 1 aromatic carbocycles. The summed E-state index contributed by atoms with van der Waals surface area (Å²) in [6, 6.07) is 7.97. The molecule has 2 rings (SSSR count). The van der Waals surface area contributed by atoms with Crippen LogP contribution in [0.3, 0.4) is 0 Å². The van der Waals surface area contributed by atoms with Crippen LogP contribution in [0.1, 0.15) is 32.3 Å². The van der Waals surface area contributed by atoms with Crippen LogP contribution in [0.25, 0.3) is 0 Å². The zero-order chi connectivity index (χ0) is 16.9. The lowest BCUT2D eigenvalue weighted by Crippen LogP contribution is -2.48. The van der Waals surface area contributed by atoms with Crippen molar-refractivity contribution >= 4 is 18.3 Å². The average molecular weight is 355 g/mol. The van der Waals surface area contributed by atoms with E-state index in [1.165, 1.54) is 6.42 Å². The van der Waals surface area contributed by atoms with Crippen LogP contribution in [-0.4, -0.2) is 44.6 Å². The lowest BCUT2D eigenvalue weighted by Gasteiger charge is -2.38. The number of para-hydroxylation sites is 1. The highest BCUT2D eigenvalue weighted by atomic mass is 35.5. The zero-order valence-electron chi connectivity index (χ0n) is 15.3. The zero-order valence-corrected chi connectivity index (χ0v) is 16.1. The molecule has 1 saturated heterocycles. The smallest absolute Gasteiger partial charge is 0.228 e. The molecule has 5 heteroatoms. The molecule has 1 heterocycles. The van der Waals surface area contributed by atoms with Gasteiger partial charge in [0.1, 0.15) is 5.75 Å². The van der Waals surface area contributed by atoms with Gasteiger partial charge in [-0.3, -0.25) is 4.79 Å². The van der Waals surface area contributed by atoms with Crippen molar-refractivity contribution in [3.63, 3.8) is 0 Å².